The van der Waals surface area contributed by atoms with Crippen molar-refractivity contribution in [1.29, 1.82) is 0 Å². The largest absolute Gasteiger partial charge is 0.252 e. The van der Waals surface area contributed by atoms with E-state index in [0.717, 1.165) is 11.4 Å². The number of hydrogen-bond donors (Lipinski definition) is 0. The van der Waals surface area contributed by atoms with Gasteiger partial charge < -0.3 is 0 Å². The SMILES string of the molecule is Cc1nc(-c2ccc3ccccc3c2)cc2ccccc12. The first kappa shape index (κ1) is 12.1. The maximum Gasteiger partial charge on any atom is 0.0711 e. The van der Waals surface area contributed by atoms with Crippen LogP contribution in [0.4, 0.5) is 0 Å². The summed E-state index contributed by atoms with van der Waals surface area (Å²) < 4.78 is 0. The van der Waals surface area contributed by atoms with E-state index >= 15 is 0 Å². The van der Waals surface area contributed by atoms with E-state index in [1.165, 1.54) is 27.1 Å². The average Bonchev–Trinajstić information content (AvgIpc) is 2.54. The molecule has 4 aromatic rings. The molecule has 0 aliphatic carbocycles. The zero-order valence-electron chi connectivity index (χ0n) is 11.9. The summed E-state index contributed by atoms with van der Waals surface area (Å²) >= 11 is 0. The van der Waals surface area contributed by atoms with E-state index < -0.39 is 0 Å². The Bertz CT molecular complexity index is 954. The van der Waals surface area contributed by atoms with Crippen LogP contribution in [0.5, 0.6) is 0 Å². The highest BCUT2D eigenvalue weighted by molar-refractivity contribution is 5.90. The van der Waals surface area contributed by atoms with Gasteiger partial charge in [-0.15, -0.1) is 0 Å². The van der Waals surface area contributed by atoms with Gasteiger partial charge in [-0.25, -0.2) is 0 Å². The number of nitrogens with zero attached hydrogens (tertiary/aromatic N) is 1. The second-order valence-electron chi connectivity index (χ2n) is 5.38. The van der Waals surface area contributed by atoms with Gasteiger partial charge in [0.1, 0.15) is 0 Å². The molecule has 0 spiro atoms. The summed E-state index contributed by atoms with van der Waals surface area (Å²) in [6.07, 6.45) is 0. The highest BCUT2D eigenvalue weighted by Crippen LogP contribution is 2.27. The number of aromatic nitrogens is 1. The molecule has 4 rings (SSSR count). The van der Waals surface area contributed by atoms with Crippen molar-refractivity contribution in [2.75, 3.05) is 0 Å². The van der Waals surface area contributed by atoms with Gasteiger partial charge in [0.05, 0.1) is 5.69 Å². The van der Waals surface area contributed by atoms with Crippen LogP contribution < -0.4 is 0 Å². The molecular weight excluding hydrogens is 254 g/mol. The van der Waals surface area contributed by atoms with E-state index in [2.05, 4.69) is 79.7 Å². The van der Waals surface area contributed by atoms with Gasteiger partial charge in [0, 0.05) is 16.6 Å². The van der Waals surface area contributed by atoms with Gasteiger partial charge in [-0.2, -0.15) is 0 Å². The quantitative estimate of drug-likeness (QED) is 0.453. The lowest BCUT2D eigenvalue weighted by Crippen LogP contribution is -1.89. The third kappa shape index (κ3) is 2.07. The molecular formula is C20H15N. The molecule has 0 bridgehead atoms. The van der Waals surface area contributed by atoms with E-state index in [1.807, 2.05) is 0 Å². The lowest BCUT2D eigenvalue weighted by atomic mass is 10.0. The van der Waals surface area contributed by atoms with Crippen LogP contribution in [0, 0.1) is 6.92 Å². The predicted molar refractivity (Wildman–Crippen MR) is 89.4 cm³/mol. The number of rotatable bonds is 1. The van der Waals surface area contributed by atoms with Gasteiger partial charge in [0.2, 0.25) is 0 Å². The predicted octanol–water partition coefficient (Wildman–Crippen LogP) is 5.36. The average molecular weight is 269 g/mol. The molecule has 0 fully saturated rings. The minimum Gasteiger partial charge on any atom is -0.252 e. The summed E-state index contributed by atoms with van der Waals surface area (Å²) in [6, 6.07) is 25.5. The molecule has 0 atom stereocenters. The Morgan fingerprint density at radius 2 is 1.38 bits per heavy atom. The maximum atomic E-state index is 4.78. The number of fused-ring (bicyclic) bond motifs is 2. The van der Waals surface area contributed by atoms with E-state index in [0.29, 0.717) is 0 Å². The van der Waals surface area contributed by atoms with Crippen molar-refractivity contribution in [3.05, 3.63) is 78.5 Å². The first-order valence-corrected chi connectivity index (χ1v) is 7.17. The second kappa shape index (κ2) is 4.71. The third-order valence-corrected chi connectivity index (χ3v) is 3.98. The molecule has 0 radical (unpaired) electrons. The summed E-state index contributed by atoms with van der Waals surface area (Å²) in [6.45, 7) is 2.08. The highest BCUT2D eigenvalue weighted by atomic mass is 14.7. The maximum absolute atomic E-state index is 4.78. The molecule has 1 aromatic heterocycles. The van der Waals surface area contributed by atoms with Crippen LogP contribution in [0.1, 0.15) is 5.69 Å². The molecule has 1 heteroatoms. The fourth-order valence-corrected chi connectivity index (χ4v) is 2.87. The number of benzene rings is 3. The summed E-state index contributed by atoms with van der Waals surface area (Å²) in [5, 5.41) is 4.98. The van der Waals surface area contributed by atoms with Crippen molar-refractivity contribution in [2.45, 2.75) is 6.92 Å². The zero-order valence-corrected chi connectivity index (χ0v) is 11.9. The highest BCUT2D eigenvalue weighted by Gasteiger charge is 2.05. The normalized spacial score (nSPS) is 11.1. The summed E-state index contributed by atoms with van der Waals surface area (Å²) in [4.78, 5) is 4.78. The molecule has 0 N–H and O–H groups in total. The topological polar surface area (TPSA) is 12.9 Å². The van der Waals surface area contributed by atoms with Crippen molar-refractivity contribution in [2.24, 2.45) is 0 Å². The van der Waals surface area contributed by atoms with Crippen LogP contribution in [-0.2, 0) is 0 Å². The Balaban J connectivity index is 1.95. The fraction of sp³-hybridized carbons (Fsp3) is 0.0500. The van der Waals surface area contributed by atoms with Crippen molar-refractivity contribution in [1.82, 2.24) is 4.98 Å². The van der Waals surface area contributed by atoms with Crippen molar-refractivity contribution >= 4 is 21.5 Å². The first-order chi connectivity index (χ1) is 10.3. The molecule has 0 saturated carbocycles. The smallest absolute Gasteiger partial charge is 0.0711 e. The van der Waals surface area contributed by atoms with Crippen molar-refractivity contribution in [3.8, 4) is 11.3 Å². The molecule has 21 heavy (non-hydrogen) atoms. The van der Waals surface area contributed by atoms with Crippen LogP contribution in [0.3, 0.4) is 0 Å². The molecule has 0 saturated heterocycles. The molecule has 0 amide bonds. The van der Waals surface area contributed by atoms with Gasteiger partial charge in [-0.3, -0.25) is 4.98 Å². The van der Waals surface area contributed by atoms with E-state index in [4.69, 9.17) is 4.98 Å². The Morgan fingerprint density at radius 1 is 0.667 bits per heavy atom. The second-order valence-corrected chi connectivity index (χ2v) is 5.38. The van der Waals surface area contributed by atoms with E-state index in [-0.39, 0.29) is 0 Å². The Labute approximate surface area is 123 Å². The number of aryl methyl sites for hydroxylation is 1. The van der Waals surface area contributed by atoms with Crippen LogP contribution in [-0.4, -0.2) is 4.98 Å². The van der Waals surface area contributed by atoms with Crippen LogP contribution in [0.25, 0.3) is 32.8 Å². The zero-order chi connectivity index (χ0) is 14.2. The van der Waals surface area contributed by atoms with Gasteiger partial charge in [-0.05, 0) is 35.2 Å². The Hall–Kier alpha value is -2.67. The minimum absolute atomic E-state index is 1.04. The first-order valence-electron chi connectivity index (χ1n) is 7.17. The summed E-state index contributed by atoms with van der Waals surface area (Å²) in [7, 11) is 0. The number of pyridine rings is 1. The van der Waals surface area contributed by atoms with Crippen molar-refractivity contribution in [3.63, 3.8) is 0 Å². The molecule has 0 aliphatic rings. The lowest BCUT2D eigenvalue weighted by Gasteiger charge is -2.07. The van der Waals surface area contributed by atoms with E-state index in [9.17, 15) is 0 Å². The van der Waals surface area contributed by atoms with Crippen molar-refractivity contribution < 1.29 is 0 Å². The standard InChI is InChI=1S/C20H15N/c1-14-19-9-5-4-8-17(19)13-20(21-14)18-11-10-15-6-2-3-7-16(15)12-18/h2-13H,1H3. The van der Waals surface area contributed by atoms with Gasteiger partial charge >= 0.3 is 0 Å². The lowest BCUT2D eigenvalue weighted by molar-refractivity contribution is 1.24. The number of hydrogen-bond acceptors (Lipinski definition) is 1. The summed E-state index contributed by atoms with van der Waals surface area (Å²) in [5.74, 6) is 0. The van der Waals surface area contributed by atoms with Crippen LogP contribution in [0.2, 0.25) is 0 Å². The molecule has 1 heterocycles. The van der Waals surface area contributed by atoms with Crippen LogP contribution >= 0.6 is 0 Å². The Kier molecular flexibility index (Phi) is 2.71. The molecule has 100 valence electrons. The molecule has 0 aliphatic heterocycles. The van der Waals surface area contributed by atoms with Gasteiger partial charge in [0.25, 0.3) is 0 Å². The monoisotopic (exact) mass is 269 g/mol. The summed E-state index contributed by atoms with van der Waals surface area (Å²) in [5.41, 5.74) is 3.29. The van der Waals surface area contributed by atoms with E-state index in [1.54, 1.807) is 0 Å². The molecule has 1 nitrogen and oxygen atoms in total. The fourth-order valence-electron chi connectivity index (χ4n) is 2.87. The molecule has 3 aromatic carbocycles. The Morgan fingerprint density at radius 3 is 2.24 bits per heavy atom. The third-order valence-electron chi connectivity index (χ3n) is 3.98. The van der Waals surface area contributed by atoms with Gasteiger partial charge in [-0.1, -0.05) is 60.7 Å². The van der Waals surface area contributed by atoms with Crippen LogP contribution in [0.15, 0.2) is 72.8 Å². The minimum atomic E-state index is 1.04. The molecule has 0 unspecified atom stereocenters. The van der Waals surface area contributed by atoms with Gasteiger partial charge in [0.15, 0.2) is 0 Å².